The number of nitrogens with zero attached hydrogens (tertiary/aromatic N) is 2. The molecular formula is C22H28N2O5S. The Balaban J connectivity index is 0.000000469. The number of aliphatic carboxylic acids is 2. The number of hydrogen-bond donors (Lipinski definition) is 2. The first-order chi connectivity index (χ1) is 14.4. The number of para-hydroxylation sites is 1. The van der Waals surface area contributed by atoms with Crippen molar-refractivity contribution in [1.82, 2.24) is 9.80 Å². The topological polar surface area (TPSA) is 90.3 Å². The minimum atomic E-state index is -1.82. The van der Waals surface area contributed by atoms with E-state index in [4.69, 9.17) is 24.5 Å². The van der Waals surface area contributed by atoms with Gasteiger partial charge in [0.25, 0.3) is 0 Å². The maximum Gasteiger partial charge on any atom is 0.414 e. The SMILES string of the molecule is COc1ccccc1CN1CCN(Cc2ccc(SC)cc2)CC1.O=C(O)C(=O)O. The summed E-state index contributed by atoms with van der Waals surface area (Å²) in [5.74, 6) is -2.65. The molecule has 3 rings (SSSR count). The molecule has 1 aliphatic heterocycles. The van der Waals surface area contributed by atoms with Gasteiger partial charge in [-0.3, -0.25) is 9.80 Å². The van der Waals surface area contributed by atoms with E-state index in [2.05, 4.69) is 52.5 Å². The van der Waals surface area contributed by atoms with Crippen LogP contribution in [0.4, 0.5) is 0 Å². The smallest absolute Gasteiger partial charge is 0.414 e. The van der Waals surface area contributed by atoms with E-state index in [1.54, 1.807) is 18.9 Å². The molecule has 1 aliphatic rings. The van der Waals surface area contributed by atoms with Crippen molar-refractivity contribution in [3.8, 4) is 5.75 Å². The number of ether oxygens (including phenoxy) is 1. The van der Waals surface area contributed by atoms with Crippen LogP contribution >= 0.6 is 11.8 Å². The average Bonchev–Trinajstić information content (AvgIpc) is 2.76. The number of carboxylic acids is 2. The Kier molecular flexibility index (Phi) is 9.66. The Labute approximate surface area is 181 Å². The summed E-state index contributed by atoms with van der Waals surface area (Å²) < 4.78 is 5.47. The van der Waals surface area contributed by atoms with E-state index in [0.717, 1.165) is 45.0 Å². The van der Waals surface area contributed by atoms with Crippen molar-refractivity contribution in [2.45, 2.75) is 18.0 Å². The zero-order valence-corrected chi connectivity index (χ0v) is 18.1. The quantitative estimate of drug-likeness (QED) is 0.532. The van der Waals surface area contributed by atoms with Gasteiger partial charge >= 0.3 is 11.9 Å². The van der Waals surface area contributed by atoms with Gasteiger partial charge in [-0.25, -0.2) is 9.59 Å². The lowest BCUT2D eigenvalue weighted by molar-refractivity contribution is -0.159. The minimum Gasteiger partial charge on any atom is -0.496 e. The van der Waals surface area contributed by atoms with Gasteiger partial charge in [-0.2, -0.15) is 0 Å². The van der Waals surface area contributed by atoms with Crippen LogP contribution in [0.5, 0.6) is 5.75 Å². The van der Waals surface area contributed by atoms with Crippen molar-refractivity contribution in [3.63, 3.8) is 0 Å². The zero-order chi connectivity index (χ0) is 21.9. The molecule has 1 saturated heterocycles. The van der Waals surface area contributed by atoms with Gasteiger partial charge in [0, 0.05) is 49.7 Å². The van der Waals surface area contributed by atoms with E-state index in [1.807, 2.05) is 12.1 Å². The van der Waals surface area contributed by atoms with E-state index in [1.165, 1.54) is 16.0 Å². The molecule has 162 valence electrons. The molecule has 1 heterocycles. The highest BCUT2D eigenvalue weighted by Crippen LogP contribution is 2.20. The molecule has 7 nitrogen and oxygen atoms in total. The predicted molar refractivity (Wildman–Crippen MR) is 117 cm³/mol. The first-order valence-electron chi connectivity index (χ1n) is 9.58. The van der Waals surface area contributed by atoms with Gasteiger partial charge in [0.05, 0.1) is 7.11 Å². The Hall–Kier alpha value is -2.55. The summed E-state index contributed by atoms with van der Waals surface area (Å²) in [6.45, 7) is 6.50. The molecule has 30 heavy (non-hydrogen) atoms. The number of rotatable bonds is 6. The molecule has 0 amide bonds. The molecule has 0 unspecified atom stereocenters. The van der Waals surface area contributed by atoms with Crippen LogP contribution in [-0.2, 0) is 22.7 Å². The summed E-state index contributed by atoms with van der Waals surface area (Å²) in [5, 5.41) is 14.8. The van der Waals surface area contributed by atoms with Gasteiger partial charge in [0.1, 0.15) is 5.75 Å². The van der Waals surface area contributed by atoms with Gasteiger partial charge in [0.2, 0.25) is 0 Å². The van der Waals surface area contributed by atoms with Crippen molar-refractivity contribution in [2.75, 3.05) is 39.5 Å². The summed E-state index contributed by atoms with van der Waals surface area (Å²) in [6, 6.07) is 17.3. The van der Waals surface area contributed by atoms with Crippen molar-refractivity contribution < 1.29 is 24.5 Å². The summed E-state index contributed by atoms with van der Waals surface area (Å²) in [4.78, 5) is 24.6. The average molecular weight is 433 g/mol. The highest BCUT2D eigenvalue weighted by atomic mass is 32.2. The Morgan fingerprint density at radius 2 is 1.43 bits per heavy atom. The Morgan fingerprint density at radius 3 is 1.93 bits per heavy atom. The monoisotopic (exact) mass is 432 g/mol. The van der Waals surface area contributed by atoms with Crippen molar-refractivity contribution in [3.05, 3.63) is 59.7 Å². The van der Waals surface area contributed by atoms with Crippen molar-refractivity contribution >= 4 is 23.7 Å². The number of piperazine rings is 1. The maximum atomic E-state index is 9.10. The van der Waals surface area contributed by atoms with Gasteiger partial charge in [-0.1, -0.05) is 30.3 Å². The number of carboxylic acid groups (broad SMARTS) is 2. The molecule has 0 radical (unpaired) electrons. The predicted octanol–water partition coefficient (Wildman–Crippen LogP) is 2.89. The number of thioether (sulfide) groups is 1. The first-order valence-corrected chi connectivity index (χ1v) is 10.8. The molecule has 0 atom stereocenters. The lowest BCUT2D eigenvalue weighted by atomic mass is 10.1. The van der Waals surface area contributed by atoms with E-state index in [9.17, 15) is 0 Å². The van der Waals surface area contributed by atoms with Crippen LogP contribution in [0, 0.1) is 0 Å². The highest BCUT2D eigenvalue weighted by Gasteiger charge is 2.18. The molecule has 8 heteroatoms. The molecule has 0 bridgehead atoms. The summed E-state index contributed by atoms with van der Waals surface area (Å²) in [7, 11) is 1.75. The maximum absolute atomic E-state index is 9.10. The van der Waals surface area contributed by atoms with Gasteiger partial charge in [-0.05, 0) is 30.0 Å². The summed E-state index contributed by atoms with van der Waals surface area (Å²) in [6.07, 6.45) is 2.12. The Bertz CT molecular complexity index is 809. The molecule has 2 aromatic rings. The van der Waals surface area contributed by atoms with E-state index < -0.39 is 11.9 Å². The zero-order valence-electron chi connectivity index (χ0n) is 17.3. The van der Waals surface area contributed by atoms with Gasteiger partial charge in [0.15, 0.2) is 0 Å². The molecule has 0 spiro atoms. The van der Waals surface area contributed by atoms with Gasteiger partial charge in [-0.15, -0.1) is 11.8 Å². The van der Waals surface area contributed by atoms with Crippen molar-refractivity contribution in [1.29, 1.82) is 0 Å². The van der Waals surface area contributed by atoms with Crippen molar-refractivity contribution in [2.24, 2.45) is 0 Å². The number of benzene rings is 2. The van der Waals surface area contributed by atoms with Gasteiger partial charge < -0.3 is 14.9 Å². The molecule has 1 fully saturated rings. The normalized spacial score (nSPS) is 14.5. The molecule has 0 aromatic heterocycles. The second-order valence-corrected chi connectivity index (χ2v) is 7.70. The van der Waals surface area contributed by atoms with Crippen LogP contribution in [0.25, 0.3) is 0 Å². The van der Waals surface area contributed by atoms with E-state index in [0.29, 0.717) is 0 Å². The van der Waals surface area contributed by atoms with Crippen LogP contribution < -0.4 is 4.74 Å². The van der Waals surface area contributed by atoms with E-state index in [-0.39, 0.29) is 0 Å². The molecule has 0 aliphatic carbocycles. The molecule has 0 saturated carbocycles. The van der Waals surface area contributed by atoms with Crippen LogP contribution in [0.15, 0.2) is 53.4 Å². The third kappa shape index (κ3) is 7.70. The third-order valence-electron chi connectivity index (χ3n) is 4.80. The van der Waals surface area contributed by atoms with Crippen LogP contribution in [0.3, 0.4) is 0 Å². The molecule has 2 N–H and O–H groups in total. The fourth-order valence-corrected chi connectivity index (χ4v) is 3.58. The largest absolute Gasteiger partial charge is 0.496 e. The standard InChI is InChI=1S/C20H26N2OS.C2H2O4/c1-23-20-6-4-3-5-18(20)16-22-13-11-21(12-14-22)15-17-7-9-19(24-2)10-8-17;3-1(4)2(5)6/h3-10H,11-16H2,1-2H3;(H,3,4)(H,5,6). The van der Waals surface area contributed by atoms with Crippen LogP contribution in [0.2, 0.25) is 0 Å². The lowest BCUT2D eigenvalue weighted by Crippen LogP contribution is -2.45. The second-order valence-electron chi connectivity index (χ2n) is 6.82. The summed E-state index contributed by atoms with van der Waals surface area (Å²) in [5.41, 5.74) is 2.69. The minimum absolute atomic E-state index is 0.972. The summed E-state index contributed by atoms with van der Waals surface area (Å²) >= 11 is 1.80. The number of hydrogen-bond acceptors (Lipinski definition) is 6. The highest BCUT2D eigenvalue weighted by molar-refractivity contribution is 7.98. The lowest BCUT2D eigenvalue weighted by Gasteiger charge is -2.35. The second kappa shape index (κ2) is 12.2. The fourth-order valence-electron chi connectivity index (χ4n) is 3.17. The Morgan fingerprint density at radius 1 is 0.900 bits per heavy atom. The number of methoxy groups -OCH3 is 1. The van der Waals surface area contributed by atoms with E-state index >= 15 is 0 Å². The van der Waals surface area contributed by atoms with Crippen LogP contribution in [-0.4, -0.2) is 71.5 Å². The molecule has 2 aromatic carbocycles. The number of carbonyl (C=O) groups is 2. The third-order valence-corrected chi connectivity index (χ3v) is 5.54. The first kappa shape index (κ1) is 23.7. The molecular weight excluding hydrogens is 404 g/mol. The fraction of sp³-hybridized carbons (Fsp3) is 0.364. The van der Waals surface area contributed by atoms with Crippen LogP contribution in [0.1, 0.15) is 11.1 Å².